The first-order valence-corrected chi connectivity index (χ1v) is 7.81. The fraction of sp³-hybridized carbons (Fsp3) is 0.222. The molecule has 3 rings (SSSR count). The summed E-state index contributed by atoms with van der Waals surface area (Å²) in [6, 6.07) is 11.3. The second kappa shape index (κ2) is 6.05. The third kappa shape index (κ3) is 3.08. The number of nitrogens with zero attached hydrogens (tertiary/aromatic N) is 1. The van der Waals surface area contributed by atoms with Gasteiger partial charge in [0.15, 0.2) is 0 Å². The number of carbonyl (C=O) groups excluding carboxylic acids is 1. The first-order chi connectivity index (χ1) is 11.0. The molecule has 2 N–H and O–H groups in total. The lowest BCUT2D eigenvalue weighted by molar-refractivity contribution is -0.125. The Hall–Kier alpha value is -2.33. The smallest absolute Gasteiger partial charge is 0.230 e. The van der Waals surface area contributed by atoms with E-state index >= 15 is 0 Å². The second-order valence-electron chi connectivity index (χ2n) is 6.02. The molecule has 4 nitrogen and oxygen atoms in total. The summed E-state index contributed by atoms with van der Waals surface area (Å²) in [6.45, 7) is 4.22. The maximum Gasteiger partial charge on any atom is 0.230 e. The molecule has 0 bridgehead atoms. The number of nitrogens with one attached hydrogen (secondary N) is 2. The highest BCUT2D eigenvalue weighted by atomic mass is 35.5. The number of aromatic nitrogens is 2. The Bertz CT molecular complexity index is 840. The number of aromatic amines is 1. The van der Waals surface area contributed by atoms with Crippen molar-refractivity contribution < 1.29 is 4.79 Å². The normalized spacial score (nSPS) is 11.6. The van der Waals surface area contributed by atoms with Gasteiger partial charge in [0.1, 0.15) is 0 Å². The predicted octanol–water partition coefficient (Wildman–Crippen LogP) is 3.81. The van der Waals surface area contributed by atoms with Gasteiger partial charge >= 0.3 is 0 Å². The average Bonchev–Trinajstić information content (AvgIpc) is 2.97. The number of hydrogen-bond donors (Lipinski definition) is 2. The molecular weight excluding hydrogens is 310 g/mol. The average molecular weight is 328 g/mol. The van der Waals surface area contributed by atoms with E-state index in [9.17, 15) is 4.79 Å². The van der Waals surface area contributed by atoms with E-state index in [4.69, 9.17) is 11.6 Å². The van der Waals surface area contributed by atoms with Crippen molar-refractivity contribution in [2.45, 2.75) is 25.8 Å². The van der Waals surface area contributed by atoms with Crippen molar-refractivity contribution in [1.29, 1.82) is 0 Å². The van der Waals surface area contributed by atoms with E-state index < -0.39 is 5.41 Å². The lowest BCUT2D eigenvalue weighted by Crippen LogP contribution is -2.39. The summed E-state index contributed by atoms with van der Waals surface area (Å²) >= 11 is 6.10. The molecule has 0 unspecified atom stereocenters. The zero-order valence-electron chi connectivity index (χ0n) is 13.1. The summed E-state index contributed by atoms with van der Waals surface area (Å²) in [5.41, 5.74) is 2.04. The van der Waals surface area contributed by atoms with E-state index in [1.165, 1.54) is 0 Å². The van der Waals surface area contributed by atoms with Crippen molar-refractivity contribution in [3.63, 3.8) is 0 Å². The predicted molar refractivity (Wildman–Crippen MR) is 92.4 cm³/mol. The Kier molecular flexibility index (Phi) is 4.09. The number of halogens is 1. The maximum absolute atomic E-state index is 12.7. The second-order valence-corrected chi connectivity index (χ2v) is 6.46. The molecule has 1 amide bonds. The Morgan fingerprint density at radius 2 is 2.13 bits per heavy atom. The van der Waals surface area contributed by atoms with Crippen molar-refractivity contribution in [2.24, 2.45) is 0 Å². The van der Waals surface area contributed by atoms with E-state index in [2.05, 4.69) is 15.3 Å². The van der Waals surface area contributed by atoms with Gasteiger partial charge in [0, 0.05) is 28.3 Å². The van der Waals surface area contributed by atoms with Crippen LogP contribution < -0.4 is 5.32 Å². The molecule has 0 saturated heterocycles. The molecule has 0 aliphatic carbocycles. The van der Waals surface area contributed by atoms with Crippen LogP contribution in [0.2, 0.25) is 5.02 Å². The minimum atomic E-state index is -0.683. The molecule has 0 aliphatic rings. The van der Waals surface area contributed by atoms with E-state index in [1.54, 1.807) is 6.20 Å². The van der Waals surface area contributed by atoms with Crippen molar-refractivity contribution in [1.82, 2.24) is 15.3 Å². The summed E-state index contributed by atoms with van der Waals surface area (Å²) in [5, 5.41) is 4.58. The quantitative estimate of drug-likeness (QED) is 0.765. The van der Waals surface area contributed by atoms with Gasteiger partial charge in [-0.15, -0.1) is 0 Å². The molecule has 2 aromatic heterocycles. The van der Waals surface area contributed by atoms with Gasteiger partial charge in [-0.3, -0.25) is 9.78 Å². The molecule has 3 aromatic rings. The standard InChI is InChI=1S/C18H18ClN3O/c1-18(2,17(23)22-10-13-5-3-4-8-20-13)15-11-21-16-7-6-12(19)9-14(15)16/h3-9,11,21H,10H2,1-2H3,(H,22,23). The van der Waals surface area contributed by atoms with E-state index in [-0.39, 0.29) is 5.91 Å². The summed E-state index contributed by atoms with van der Waals surface area (Å²) in [4.78, 5) is 20.1. The monoisotopic (exact) mass is 327 g/mol. The minimum absolute atomic E-state index is 0.0518. The number of H-pyrrole nitrogens is 1. The van der Waals surface area contributed by atoms with Gasteiger partial charge in [0.2, 0.25) is 5.91 Å². The Morgan fingerprint density at radius 3 is 2.87 bits per heavy atom. The molecule has 0 atom stereocenters. The van der Waals surface area contributed by atoms with Crippen LogP contribution in [0, 0.1) is 0 Å². The van der Waals surface area contributed by atoms with Gasteiger partial charge in [-0.2, -0.15) is 0 Å². The van der Waals surface area contributed by atoms with Gasteiger partial charge in [0.25, 0.3) is 0 Å². The van der Waals surface area contributed by atoms with Crippen LogP contribution in [0.1, 0.15) is 25.1 Å². The lowest BCUT2D eigenvalue weighted by atomic mass is 9.83. The van der Waals surface area contributed by atoms with Gasteiger partial charge in [-0.25, -0.2) is 0 Å². The van der Waals surface area contributed by atoms with Crippen molar-refractivity contribution in [2.75, 3.05) is 0 Å². The first kappa shape index (κ1) is 15.6. The van der Waals surface area contributed by atoms with Crippen LogP contribution in [0.4, 0.5) is 0 Å². The number of amides is 1. The third-order valence-electron chi connectivity index (χ3n) is 4.04. The van der Waals surface area contributed by atoms with Gasteiger partial charge in [0.05, 0.1) is 17.7 Å². The van der Waals surface area contributed by atoms with Crippen LogP contribution in [0.3, 0.4) is 0 Å². The summed E-state index contributed by atoms with van der Waals surface area (Å²) in [7, 11) is 0. The number of rotatable bonds is 4. The van der Waals surface area contributed by atoms with Crippen molar-refractivity contribution in [3.8, 4) is 0 Å². The molecule has 0 aliphatic heterocycles. The Labute approximate surface area is 139 Å². The lowest BCUT2D eigenvalue weighted by Gasteiger charge is -2.23. The van der Waals surface area contributed by atoms with Crippen molar-refractivity contribution >= 4 is 28.4 Å². The Balaban J connectivity index is 1.84. The number of fused-ring (bicyclic) bond motifs is 1. The SMILES string of the molecule is CC(C)(C(=O)NCc1ccccn1)c1c[nH]c2ccc(Cl)cc12. The van der Waals surface area contributed by atoms with E-state index in [0.717, 1.165) is 22.2 Å². The largest absolute Gasteiger partial charge is 0.361 e. The van der Waals surface area contributed by atoms with Crippen molar-refractivity contribution in [3.05, 3.63) is 65.1 Å². The van der Waals surface area contributed by atoms with Crippen LogP contribution in [0.15, 0.2) is 48.8 Å². The molecule has 0 saturated carbocycles. The highest BCUT2D eigenvalue weighted by molar-refractivity contribution is 6.31. The van der Waals surface area contributed by atoms with Crippen LogP contribution in [-0.4, -0.2) is 15.9 Å². The highest BCUT2D eigenvalue weighted by Crippen LogP contribution is 2.32. The van der Waals surface area contributed by atoms with Crippen LogP contribution in [0.5, 0.6) is 0 Å². The maximum atomic E-state index is 12.7. The molecular formula is C18H18ClN3O. The first-order valence-electron chi connectivity index (χ1n) is 7.44. The van der Waals surface area contributed by atoms with Crippen LogP contribution >= 0.6 is 11.6 Å². The summed E-state index contributed by atoms with van der Waals surface area (Å²) < 4.78 is 0. The number of carbonyl (C=O) groups is 1. The fourth-order valence-corrected chi connectivity index (χ4v) is 2.80. The molecule has 2 heterocycles. The van der Waals surface area contributed by atoms with E-state index in [1.807, 2.05) is 56.4 Å². The topological polar surface area (TPSA) is 57.8 Å². The molecule has 1 aromatic carbocycles. The number of benzene rings is 1. The zero-order valence-corrected chi connectivity index (χ0v) is 13.8. The zero-order chi connectivity index (χ0) is 16.4. The highest BCUT2D eigenvalue weighted by Gasteiger charge is 2.32. The molecule has 0 fully saturated rings. The fourth-order valence-electron chi connectivity index (χ4n) is 2.63. The van der Waals surface area contributed by atoms with Crippen LogP contribution in [0.25, 0.3) is 10.9 Å². The molecule has 23 heavy (non-hydrogen) atoms. The minimum Gasteiger partial charge on any atom is -0.361 e. The molecule has 118 valence electrons. The third-order valence-corrected chi connectivity index (χ3v) is 4.28. The molecule has 0 spiro atoms. The Morgan fingerprint density at radius 1 is 1.30 bits per heavy atom. The summed E-state index contributed by atoms with van der Waals surface area (Å²) in [5.74, 6) is -0.0518. The van der Waals surface area contributed by atoms with Gasteiger partial charge < -0.3 is 10.3 Å². The molecule has 0 radical (unpaired) electrons. The van der Waals surface area contributed by atoms with Gasteiger partial charge in [-0.1, -0.05) is 17.7 Å². The molecule has 5 heteroatoms. The van der Waals surface area contributed by atoms with E-state index in [0.29, 0.717) is 11.6 Å². The number of hydrogen-bond acceptors (Lipinski definition) is 2. The van der Waals surface area contributed by atoms with Gasteiger partial charge in [-0.05, 0) is 49.7 Å². The summed E-state index contributed by atoms with van der Waals surface area (Å²) in [6.07, 6.45) is 3.59. The van der Waals surface area contributed by atoms with Crippen LogP contribution in [-0.2, 0) is 16.8 Å². The number of pyridine rings is 1.